The molecule has 0 spiro atoms. The van der Waals surface area contributed by atoms with E-state index in [0.717, 1.165) is 37.8 Å². The SMILES string of the molecule is O=CC1(Sc2ccc(C(F)(F)F)cn2)CCC1. The van der Waals surface area contributed by atoms with Crippen LogP contribution in [0, 0.1) is 0 Å². The van der Waals surface area contributed by atoms with E-state index < -0.39 is 16.5 Å². The maximum atomic E-state index is 12.3. The van der Waals surface area contributed by atoms with Crippen molar-refractivity contribution < 1.29 is 18.0 Å². The molecule has 2 nitrogen and oxygen atoms in total. The van der Waals surface area contributed by atoms with Crippen molar-refractivity contribution in [2.45, 2.75) is 35.2 Å². The summed E-state index contributed by atoms with van der Waals surface area (Å²) >= 11 is 1.25. The Morgan fingerprint density at radius 3 is 2.41 bits per heavy atom. The van der Waals surface area contributed by atoms with Gasteiger partial charge in [0.25, 0.3) is 0 Å². The molecule has 1 aliphatic rings. The lowest BCUT2D eigenvalue weighted by molar-refractivity contribution is -0.137. The molecule has 0 aromatic carbocycles. The molecule has 0 unspecified atom stereocenters. The number of thioether (sulfide) groups is 1. The highest BCUT2D eigenvalue weighted by Gasteiger charge is 2.38. The molecule has 0 N–H and O–H groups in total. The zero-order valence-corrected chi connectivity index (χ0v) is 9.64. The first kappa shape index (κ1) is 12.4. The molecular formula is C11H10F3NOS. The maximum absolute atomic E-state index is 12.3. The van der Waals surface area contributed by atoms with Gasteiger partial charge in [-0.05, 0) is 31.4 Å². The highest BCUT2D eigenvalue weighted by molar-refractivity contribution is 8.01. The molecule has 0 saturated heterocycles. The zero-order valence-electron chi connectivity index (χ0n) is 8.83. The minimum atomic E-state index is -4.37. The van der Waals surface area contributed by atoms with Gasteiger partial charge in [0, 0.05) is 6.20 Å². The second-order valence-electron chi connectivity index (χ2n) is 4.02. The van der Waals surface area contributed by atoms with E-state index in [9.17, 15) is 18.0 Å². The first-order valence-electron chi connectivity index (χ1n) is 5.14. The van der Waals surface area contributed by atoms with Crippen LogP contribution in [0.25, 0.3) is 0 Å². The standard InChI is InChI=1S/C11H10F3NOS/c12-11(13,14)8-2-3-9(15-6-8)17-10(7-16)4-1-5-10/h2-3,6-7H,1,4-5H2. The van der Waals surface area contributed by atoms with Gasteiger partial charge in [-0.25, -0.2) is 4.98 Å². The number of halogens is 3. The fraction of sp³-hybridized carbons (Fsp3) is 0.455. The van der Waals surface area contributed by atoms with Gasteiger partial charge in [0.05, 0.1) is 15.3 Å². The number of aromatic nitrogens is 1. The average Bonchev–Trinajstić information content (AvgIpc) is 2.23. The number of hydrogen-bond donors (Lipinski definition) is 0. The Bertz CT molecular complexity index is 412. The summed E-state index contributed by atoms with van der Waals surface area (Å²) in [5.74, 6) is 0. The number of alkyl halides is 3. The quantitative estimate of drug-likeness (QED) is 0.782. The molecule has 0 atom stereocenters. The lowest BCUT2D eigenvalue weighted by Gasteiger charge is -2.35. The minimum absolute atomic E-state index is 0.463. The second kappa shape index (κ2) is 4.33. The van der Waals surface area contributed by atoms with E-state index in [0.29, 0.717) is 5.03 Å². The lowest BCUT2D eigenvalue weighted by atomic mass is 9.86. The molecule has 6 heteroatoms. The Balaban J connectivity index is 2.11. The third-order valence-corrected chi connectivity index (χ3v) is 4.15. The molecule has 0 radical (unpaired) electrons. The fourth-order valence-corrected chi connectivity index (χ4v) is 2.78. The maximum Gasteiger partial charge on any atom is 0.417 e. The smallest absolute Gasteiger partial charge is 0.302 e. The molecular weight excluding hydrogens is 251 g/mol. The van der Waals surface area contributed by atoms with E-state index in [-0.39, 0.29) is 0 Å². The number of pyridine rings is 1. The largest absolute Gasteiger partial charge is 0.417 e. The van der Waals surface area contributed by atoms with E-state index in [1.807, 2.05) is 0 Å². The molecule has 0 aliphatic heterocycles. The molecule has 0 bridgehead atoms. The fourth-order valence-electron chi connectivity index (χ4n) is 1.59. The van der Waals surface area contributed by atoms with Crippen LogP contribution in [0.5, 0.6) is 0 Å². The van der Waals surface area contributed by atoms with Crippen LogP contribution < -0.4 is 0 Å². The van der Waals surface area contributed by atoms with Crippen molar-refractivity contribution in [3.63, 3.8) is 0 Å². The van der Waals surface area contributed by atoms with Crippen LogP contribution in [0.1, 0.15) is 24.8 Å². The topological polar surface area (TPSA) is 30.0 Å². The van der Waals surface area contributed by atoms with Crippen molar-refractivity contribution in [2.24, 2.45) is 0 Å². The van der Waals surface area contributed by atoms with Crippen LogP contribution in [0.2, 0.25) is 0 Å². The second-order valence-corrected chi connectivity index (χ2v) is 5.46. The average molecular weight is 261 g/mol. The van der Waals surface area contributed by atoms with Gasteiger partial charge in [0.1, 0.15) is 6.29 Å². The van der Waals surface area contributed by atoms with E-state index in [2.05, 4.69) is 4.98 Å². The number of carbonyl (C=O) groups is 1. The van der Waals surface area contributed by atoms with Gasteiger partial charge >= 0.3 is 6.18 Å². The van der Waals surface area contributed by atoms with E-state index in [4.69, 9.17) is 0 Å². The van der Waals surface area contributed by atoms with Crippen molar-refractivity contribution in [3.8, 4) is 0 Å². The summed E-state index contributed by atoms with van der Waals surface area (Å²) in [6.07, 6.45) is -0.171. The Morgan fingerprint density at radius 2 is 2.06 bits per heavy atom. The van der Waals surface area contributed by atoms with Crippen LogP contribution in [0.4, 0.5) is 13.2 Å². The van der Waals surface area contributed by atoms with Gasteiger partial charge < -0.3 is 4.79 Å². The van der Waals surface area contributed by atoms with E-state index in [1.165, 1.54) is 17.8 Å². The normalized spacial score (nSPS) is 18.5. The summed E-state index contributed by atoms with van der Waals surface area (Å²) in [4.78, 5) is 14.7. The van der Waals surface area contributed by atoms with Crippen molar-refractivity contribution in [3.05, 3.63) is 23.9 Å². The number of carbonyl (C=O) groups excluding carboxylic acids is 1. The lowest BCUT2D eigenvalue weighted by Crippen LogP contribution is -2.34. The van der Waals surface area contributed by atoms with Crippen LogP contribution >= 0.6 is 11.8 Å². The van der Waals surface area contributed by atoms with Crippen LogP contribution in [-0.2, 0) is 11.0 Å². The van der Waals surface area contributed by atoms with Gasteiger partial charge in [-0.1, -0.05) is 11.8 Å². The minimum Gasteiger partial charge on any atom is -0.302 e. The molecule has 1 aromatic rings. The number of nitrogens with zero attached hydrogens (tertiary/aromatic N) is 1. The summed E-state index contributed by atoms with van der Waals surface area (Å²) < 4.78 is 36.4. The number of hydrogen-bond acceptors (Lipinski definition) is 3. The van der Waals surface area contributed by atoms with E-state index >= 15 is 0 Å². The van der Waals surface area contributed by atoms with Crippen molar-refractivity contribution in [2.75, 3.05) is 0 Å². The third-order valence-electron chi connectivity index (χ3n) is 2.79. The van der Waals surface area contributed by atoms with Gasteiger partial charge in [0.15, 0.2) is 0 Å². The molecule has 1 saturated carbocycles. The highest BCUT2D eigenvalue weighted by Crippen LogP contribution is 2.45. The predicted molar refractivity (Wildman–Crippen MR) is 57.7 cm³/mol. The molecule has 2 rings (SSSR count). The predicted octanol–water partition coefficient (Wildman–Crippen LogP) is 3.31. The molecule has 92 valence electrons. The molecule has 0 amide bonds. The summed E-state index contributed by atoms with van der Waals surface area (Å²) in [5, 5.41) is 0.463. The number of aldehydes is 1. The van der Waals surface area contributed by atoms with Gasteiger partial charge in [-0.15, -0.1) is 0 Å². The van der Waals surface area contributed by atoms with Crippen molar-refractivity contribution in [1.82, 2.24) is 4.98 Å². The van der Waals surface area contributed by atoms with Crippen LogP contribution in [-0.4, -0.2) is 16.0 Å². The summed E-state index contributed by atoms with van der Waals surface area (Å²) in [7, 11) is 0. The highest BCUT2D eigenvalue weighted by atomic mass is 32.2. The molecule has 1 fully saturated rings. The molecule has 1 aromatic heterocycles. The zero-order chi connectivity index (χ0) is 12.5. The van der Waals surface area contributed by atoms with Crippen LogP contribution in [0.3, 0.4) is 0 Å². The van der Waals surface area contributed by atoms with Crippen molar-refractivity contribution >= 4 is 18.0 Å². The third kappa shape index (κ3) is 2.62. The van der Waals surface area contributed by atoms with E-state index in [1.54, 1.807) is 0 Å². The summed E-state index contributed by atoms with van der Waals surface area (Å²) in [5.41, 5.74) is -0.768. The van der Waals surface area contributed by atoms with Gasteiger partial charge in [-0.2, -0.15) is 13.2 Å². The Morgan fingerprint density at radius 1 is 1.35 bits per heavy atom. The molecule has 1 aliphatic carbocycles. The van der Waals surface area contributed by atoms with Crippen molar-refractivity contribution in [1.29, 1.82) is 0 Å². The Hall–Kier alpha value is -1.04. The Kier molecular flexibility index (Phi) is 3.16. The Labute approximate surface area is 101 Å². The molecule has 1 heterocycles. The summed E-state index contributed by atoms with van der Waals surface area (Å²) in [6.45, 7) is 0. The van der Waals surface area contributed by atoms with Crippen LogP contribution in [0.15, 0.2) is 23.4 Å². The number of rotatable bonds is 3. The molecule has 17 heavy (non-hydrogen) atoms. The monoisotopic (exact) mass is 261 g/mol. The van der Waals surface area contributed by atoms with Gasteiger partial charge in [0.2, 0.25) is 0 Å². The first-order chi connectivity index (χ1) is 7.95. The first-order valence-corrected chi connectivity index (χ1v) is 5.95. The summed E-state index contributed by atoms with van der Waals surface area (Å²) in [6, 6.07) is 2.31. The van der Waals surface area contributed by atoms with Gasteiger partial charge in [-0.3, -0.25) is 0 Å².